The number of halogens is 2. The summed E-state index contributed by atoms with van der Waals surface area (Å²) in [5.41, 5.74) is 3.01. The van der Waals surface area contributed by atoms with Gasteiger partial charge in [-0.3, -0.25) is 10.1 Å². The smallest absolute Gasteiger partial charge is 0.321 e. The molecule has 192 valence electrons. The van der Waals surface area contributed by atoms with Gasteiger partial charge in [0.15, 0.2) is 11.6 Å². The minimum Gasteiger partial charge on any atom is -0.493 e. The Hall–Kier alpha value is -4.04. The second-order valence-electron chi connectivity index (χ2n) is 8.79. The highest BCUT2D eigenvalue weighted by Gasteiger charge is 2.25. The van der Waals surface area contributed by atoms with Gasteiger partial charge >= 0.3 is 5.97 Å². The fourth-order valence-electron chi connectivity index (χ4n) is 4.05. The Morgan fingerprint density at radius 3 is 2.46 bits per heavy atom. The van der Waals surface area contributed by atoms with E-state index in [0.29, 0.717) is 30.2 Å². The lowest BCUT2D eigenvalue weighted by molar-refractivity contribution is -0.140. The van der Waals surface area contributed by atoms with Gasteiger partial charge in [-0.1, -0.05) is 43.3 Å². The summed E-state index contributed by atoms with van der Waals surface area (Å²) in [4.78, 5) is 16.5. The van der Waals surface area contributed by atoms with E-state index in [1.807, 2.05) is 49.4 Å². The molecule has 4 rings (SSSR count). The number of hydrogen-bond acceptors (Lipinski definition) is 5. The second-order valence-corrected chi connectivity index (χ2v) is 8.79. The van der Waals surface area contributed by atoms with Crippen LogP contribution in [-0.2, 0) is 17.8 Å². The highest BCUT2D eigenvalue weighted by molar-refractivity contribution is 5.75. The molecular weight excluding hydrogens is 478 g/mol. The van der Waals surface area contributed by atoms with Crippen LogP contribution in [0, 0.1) is 18.6 Å². The standard InChI is InChI=1S/C29H28F2N2O4/c1-18(27(29(34)35)32-17-20-8-13-24(30)25(31)16-20)21-9-11-23(12-10-21)36-15-14-26-19(2)37-28(33-26)22-6-4-3-5-7-22/h3-13,16,18,27,32H,14-15,17H2,1-2H3,(H,34,35). The van der Waals surface area contributed by atoms with Crippen molar-refractivity contribution in [1.29, 1.82) is 0 Å². The molecule has 0 aliphatic carbocycles. The Kier molecular flexibility index (Phi) is 8.30. The summed E-state index contributed by atoms with van der Waals surface area (Å²) in [5.74, 6) is -1.34. The second kappa shape index (κ2) is 11.8. The number of benzene rings is 3. The molecule has 2 atom stereocenters. The SMILES string of the molecule is Cc1oc(-c2ccccc2)nc1CCOc1ccc(C(C)C(NCc2ccc(F)c(F)c2)C(=O)O)cc1. The molecule has 0 radical (unpaired) electrons. The molecule has 0 aliphatic rings. The number of aliphatic carboxylic acids is 1. The van der Waals surface area contributed by atoms with E-state index in [2.05, 4.69) is 10.3 Å². The van der Waals surface area contributed by atoms with Gasteiger partial charge in [0.05, 0.1) is 12.3 Å². The van der Waals surface area contributed by atoms with E-state index in [1.165, 1.54) is 6.07 Å². The van der Waals surface area contributed by atoms with E-state index in [4.69, 9.17) is 9.15 Å². The lowest BCUT2D eigenvalue weighted by Crippen LogP contribution is -2.40. The largest absolute Gasteiger partial charge is 0.493 e. The molecule has 37 heavy (non-hydrogen) atoms. The average molecular weight is 507 g/mol. The molecule has 0 aliphatic heterocycles. The number of oxazole rings is 1. The molecule has 0 fully saturated rings. The molecule has 6 nitrogen and oxygen atoms in total. The van der Waals surface area contributed by atoms with Crippen LogP contribution in [0.3, 0.4) is 0 Å². The first-order valence-electron chi connectivity index (χ1n) is 12.0. The molecule has 0 amide bonds. The van der Waals surface area contributed by atoms with Crippen molar-refractivity contribution in [2.75, 3.05) is 6.61 Å². The van der Waals surface area contributed by atoms with Gasteiger partial charge in [0, 0.05) is 24.4 Å². The van der Waals surface area contributed by atoms with E-state index in [9.17, 15) is 18.7 Å². The molecule has 8 heteroatoms. The van der Waals surface area contributed by atoms with Gasteiger partial charge in [-0.15, -0.1) is 0 Å². The van der Waals surface area contributed by atoms with E-state index in [-0.39, 0.29) is 12.5 Å². The average Bonchev–Trinajstić information content (AvgIpc) is 3.27. The van der Waals surface area contributed by atoms with Crippen LogP contribution in [0.5, 0.6) is 5.75 Å². The molecule has 0 saturated heterocycles. The number of rotatable bonds is 11. The molecule has 0 saturated carbocycles. The van der Waals surface area contributed by atoms with Crippen LogP contribution in [0.4, 0.5) is 8.78 Å². The first-order valence-corrected chi connectivity index (χ1v) is 12.0. The molecule has 4 aromatic rings. The predicted molar refractivity (Wildman–Crippen MR) is 135 cm³/mol. The van der Waals surface area contributed by atoms with Gasteiger partial charge < -0.3 is 14.3 Å². The summed E-state index contributed by atoms with van der Waals surface area (Å²) in [5, 5.41) is 12.7. The summed E-state index contributed by atoms with van der Waals surface area (Å²) in [7, 11) is 0. The zero-order chi connectivity index (χ0) is 26.4. The highest BCUT2D eigenvalue weighted by atomic mass is 19.2. The van der Waals surface area contributed by atoms with Crippen LogP contribution in [0.1, 0.15) is 35.4 Å². The number of ether oxygens (including phenoxy) is 1. The van der Waals surface area contributed by atoms with Crippen molar-refractivity contribution >= 4 is 5.97 Å². The third kappa shape index (κ3) is 6.59. The minimum atomic E-state index is -1.03. The molecule has 0 spiro atoms. The number of nitrogens with one attached hydrogen (secondary N) is 1. The maximum atomic E-state index is 13.5. The maximum Gasteiger partial charge on any atom is 0.321 e. The van der Waals surface area contributed by atoms with E-state index >= 15 is 0 Å². The predicted octanol–water partition coefficient (Wildman–Crippen LogP) is 5.90. The number of nitrogens with zero attached hydrogens (tertiary/aromatic N) is 1. The van der Waals surface area contributed by atoms with Gasteiger partial charge in [0.25, 0.3) is 0 Å². The molecule has 1 heterocycles. The number of carbonyl (C=O) groups is 1. The topological polar surface area (TPSA) is 84.6 Å². The summed E-state index contributed by atoms with van der Waals surface area (Å²) in [6.45, 7) is 4.17. The van der Waals surface area contributed by atoms with Gasteiger partial charge in [0.1, 0.15) is 17.6 Å². The van der Waals surface area contributed by atoms with Crippen LogP contribution in [-0.4, -0.2) is 28.7 Å². The molecule has 3 aromatic carbocycles. The third-order valence-corrected chi connectivity index (χ3v) is 6.20. The number of hydrogen-bond donors (Lipinski definition) is 2. The summed E-state index contributed by atoms with van der Waals surface area (Å²) < 4.78 is 38.3. The molecule has 2 N–H and O–H groups in total. The Morgan fingerprint density at radius 2 is 1.78 bits per heavy atom. The number of carboxylic acid groups (broad SMARTS) is 1. The van der Waals surface area contributed by atoms with Crippen molar-refractivity contribution in [2.45, 2.75) is 38.8 Å². The van der Waals surface area contributed by atoms with Gasteiger partial charge in [0.2, 0.25) is 5.89 Å². The fourth-order valence-corrected chi connectivity index (χ4v) is 4.05. The van der Waals surface area contributed by atoms with E-state index < -0.39 is 23.6 Å². The first-order chi connectivity index (χ1) is 17.8. The Labute approximate surface area is 213 Å². The van der Waals surface area contributed by atoms with Crippen molar-refractivity contribution in [3.8, 4) is 17.2 Å². The summed E-state index contributed by atoms with van der Waals surface area (Å²) in [6.07, 6.45) is 0.579. The van der Waals surface area contributed by atoms with Gasteiger partial charge in [-0.2, -0.15) is 0 Å². The quantitative estimate of drug-likeness (QED) is 0.264. The van der Waals surface area contributed by atoms with Crippen molar-refractivity contribution in [3.05, 3.63) is 107 Å². The van der Waals surface area contributed by atoms with Crippen LogP contribution in [0.2, 0.25) is 0 Å². The number of carboxylic acids is 1. The van der Waals surface area contributed by atoms with E-state index in [1.54, 1.807) is 19.1 Å². The van der Waals surface area contributed by atoms with Crippen LogP contribution in [0.15, 0.2) is 77.2 Å². The lowest BCUT2D eigenvalue weighted by Gasteiger charge is -2.22. The maximum absolute atomic E-state index is 13.5. The van der Waals surface area contributed by atoms with Crippen molar-refractivity contribution in [3.63, 3.8) is 0 Å². The van der Waals surface area contributed by atoms with E-state index in [0.717, 1.165) is 34.7 Å². The molecule has 1 aromatic heterocycles. The van der Waals surface area contributed by atoms with Crippen LogP contribution >= 0.6 is 0 Å². The zero-order valence-corrected chi connectivity index (χ0v) is 20.6. The van der Waals surface area contributed by atoms with Crippen molar-refractivity contribution < 1.29 is 27.8 Å². The third-order valence-electron chi connectivity index (χ3n) is 6.20. The van der Waals surface area contributed by atoms with Gasteiger partial charge in [-0.05, 0) is 54.4 Å². The summed E-state index contributed by atoms with van der Waals surface area (Å²) >= 11 is 0. The normalized spacial score (nSPS) is 12.8. The van der Waals surface area contributed by atoms with Crippen LogP contribution < -0.4 is 10.1 Å². The highest BCUT2D eigenvalue weighted by Crippen LogP contribution is 2.24. The summed E-state index contributed by atoms with van der Waals surface area (Å²) in [6, 6.07) is 19.5. The van der Waals surface area contributed by atoms with Crippen molar-refractivity contribution in [1.82, 2.24) is 10.3 Å². The van der Waals surface area contributed by atoms with Gasteiger partial charge in [-0.25, -0.2) is 13.8 Å². The zero-order valence-electron chi connectivity index (χ0n) is 20.6. The first kappa shape index (κ1) is 26.0. The molecule has 0 bridgehead atoms. The number of aryl methyl sites for hydroxylation is 1. The Morgan fingerprint density at radius 1 is 1.05 bits per heavy atom. The fraction of sp³-hybridized carbons (Fsp3) is 0.241. The lowest BCUT2D eigenvalue weighted by atomic mass is 9.93. The number of aromatic nitrogens is 1. The Balaban J connectivity index is 1.32. The minimum absolute atomic E-state index is 0.0904. The van der Waals surface area contributed by atoms with Crippen LogP contribution in [0.25, 0.3) is 11.5 Å². The van der Waals surface area contributed by atoms with Crippen molar-refractivity contribution in [2.24, 2.45) is 0 Å². The monoisotopic (exact) mass is 506 g/mol. The molecular formula is C29H28F2N2O4. The molecule has 2 unspecified atom stereocenters. The Bertz CT molecular complexity index is 1340.